The molecule has 0 amide bonds. The third kappa shape index (κ3) is 3.40. The molecule has 1 aliphatic rings. The predicted molar refractivity (Wildman–Crippen MR) is 93.0 cm³/mol. The molecule has 0 saturated heterocycles. The second kappa shape index (κ2) is 7.21. The molecule has 128 valence electrons. The van der Waals surface area contributed by atoms with Crippen LogP contribution in [0.5, 0.6) is 11.5 Å². The van der Waals surface area contributed by atoms with Crippen molar-refractivity contribution in [1.82, 2.24) is 0 Å². The van der Waals surface area contributed by atoms with Crippen LogP contribution in [0.1, 0.15) is 24.0 Å². The highest BCUT2D eigenvalue weighted by atomic mass is 16.5. The van der Waals surface area contributed by atoms with Crippen molar-refractivity contribution in [3.05, 3.63) is 59.7 Å². The predicted octanol–water partition coefficient (Wildman–Crippen LogP) is 3.83. The van der Waals surface area contributed by atoms with Gasteiger partial charge in [0.2, 0.25) is 0 Å². The second-order valence-corrected chi connectivity index (χ2v) is 5.56. The fourth-order valence-electron chi connectivity index (χ4n) is 2.89. The van der Waals surface area contributed by atoms with Crippen LogP contribution in [0.25, 0.3) is 11.1 Å². The van der Waals surface area contributed by atoms with E-state index in [1.807, 2.05) is 48.5 Å². The van der Waals surface area contributed by atoms with Crippen molar-refractivity contribution in [2.24, 2.45) is 0 Å². The van der Waals surface area contributed by atoms with Crippen LogP contribution in [-0.2, 0) is 19.1 Å². The van der Waals surface area contributed by atoms with Gasteiger partial charge in [0.15, 0.2) is 0 Å². The third-order valence-electron chi connectivity index (χ3n) is 4.11. The molecular formula is C20H18O5. The molecule has 0 aromatic heterocycles. The Balaban J connectivity index is 2.27. The molecule has 2 aromatic rings. The smallest absolute Gasteiger partial charge is 0.310 e. The number of ether oxygens (including phenoxy) is 3. The molecule has 0 N–H and O–H groups in total. The highest BCUT2D eigenvalue weighted by molar-refractivity contribution is 6.04. The Morgan fingerprint density at radius 2 is 1.16 bits per heavy atom. The maximum Gasteiger partial charge on any atom is 0.310 e. The average Bonchev–Trinajstić information content (AvgIpc) is 2.77. The fraction of sp³-hybridized carbons (Fsp3) is 0.200. The summed E-state index contributed by atoms with van der Waals surface area (Å²) < 4.78 is 15.7. The van der Waals surface area contributed by atoms with Crippen LogP contribution in [0, 0.1) is 0 Å². The lowest BCUT2D eigenvalue weighted by Gasteiger charge is -2.13. The maximum atomic E-state index is 12.0. The van der Waals surface area contributed by atoms with Gasteiger partial charge in [0.1, 0.15) is 11.5 Å². The number of methoxy groups -OCH3 is 2. The molecule has 3 rings (SSSR count). The molecule has 2 aromatic carbocycles. The van der Waals surface area contributed by atoms with Gasteiger partial charge in [-0.3, -0.25) is 9.59 Å². The third-order valence-corrected chi connectivity index (χ3v) is 4.11. The molecule has 5 nitrogen and oxygen atoms in total. The Labute approximate surface area is 145 Å². The monoisotopic (exact) mass is 338 g/mol. The van der Waals surface area contributed by atoms with E-state index in [2.05, 4.69) is 0 Å². The number of benzene rings is 2. The summed E-state index contributed by atoms with van der Waals surface area (Å²) in [6.45, 7) is 0. The van der Waals surface area contributed by atoms with E-state index in [1.165, 1.54) is 14.2 Å². The summed E-state index contributed by atoms with van der Waals surface area (Å²) in [4.78, 5) is 24.0. The number of rotatable bonds is 4. The number of hydrogen-bond donors (Lipinski definition) is 0. The highest BCUT2D eigenvalue weighted by Crippen LogP contribution is 2.44. The van der Waals surface area contributed by atoms with Crippen LogP contribution in [0.4, 0.5) is 0 Å². The topological polar surface area (TPSA) is 61.8 Å². The van der Waals surface area contributed by atoms with Gasteiger partial charge < -0.3 is 14.2 Å². The van der Waals surface area contributed by atoms with Gasteiger partial charge in [0.25, 0.3) is 0 Å². The van der Waals surface area contributed by atoms with Gasteiger partial charge in [0.05, 0.1) is 27.1 Å². The molecule has 1 heterocycles. The van der Waals surface area contributed by atoms with E-state index in [0.717, 1.165) is 11.1 Å². The van der Waals surface area contributed by atoms with Crippen molar-refractivity contribution in [2.45, 2.75) is 12.8 Å². The van der Waals surface area contributed by atoms with Crippen molar-refractivity contribution < 1.29 is 23.8 Å². The first kappa shape index (κ1) is 16.8. The molecule has 1 aliphatic heterocycles. The van der Waals surface area contributed by atoms with Crippen LogP contribution >= 0.6 is 0 Å². The summed E-state index contributed by atoms with van der Waals surface area (Å²) in [5.41, 5.74) is 2.95. The van der Waals surface area contributed by atoms with Gasteiger partial charge >= 0.3 is 11.9 Å². The molecule has 0 aliphatic carbocycles. The zero-order valence-corrected chi connectivity index (χ0v) is 14.1. The van der Waals surface area contributed by atoms with E-state index in [9.17, 15) is 9.59 Å². The number of carbonyl (C=O) groups excluding carboxylic acids is 2. The number of para-hydroxylation sites is 2. The molecule has 0 fully saturated rings. The normalized spacial score (nSPS) is 12.4. The van der Waals surface area contributed by atoms with Crippen molar-refractivity contribution in [3.8, 4) is 11.5 Å². The number of carbonyl (C=O) groups is 2. The van der Waals surface area contributed by atoms with Crippen LogP contribution < -0.4 is 4.74 Å². The van der Waals surface area contributed by atoms with E-state index in [1.54, 1.807) is 0 Å². The standard InChI is InChI=1S/C20H18O5/c1-23-19(21)11-15-13-7-3-5-9-17(13)25-18-10-6-4-8-14(18)16(15)12-20(22)24-2/h3-10H,11-12H2,1-2H3. The van der Waals surface area contributed by atoms with Gasteiger partial charge in [0, 0.05) is 11.1 Å². The number of hydrogen-bond acceptors (Lipinski definition) is 5. The molecule has 0 radical (unpaired) electrons. The van der Waals surface area contributed by atoms with Crippen LogP contribution in [0.3, 0.4) is 0 Å². The molecule has 0 atom stereocenters. The minimum absolute atomic E-state index is 0.0392. The molecular weight excluding hydrogens is 320 g/mol. The molecule has 5 heteroatoms. The summed E-state index contributed by atoms with van der Waals surface area (Å²) in [5, 5.41) is 0. The quantitative estimate of drug-likeness (QED) is 0.793. The summed E-state index contributed by atoms with van der Waals surface area (Å²) in [6.07, 6.45) is 0.0784. The van der Waals surface area contributed by atoms with Crippen molar-refractivity contribution in [2.75, 3.05) is 14.2 Å². The van der Waals surface area contributed by atoms with Crippen molar-refractivity contribution in [3.63, 3.8) is 0 Å². The van der Waals surface area contributed by atoms with Gasteiger partial charge in [-0.25, -0.2) is 0 Å². The Bertz CT molecular complexity index is 781. The zero-order valence-electron chi connectivity index (χ0n) is 14.1. The lowest BCUT2D eigenvalue weighted by Crippen LogP contribution is -2.07. The first-order valence-corrected chi connectivity index (χ1v) is 7.86. The lowest BCUT2D eigenvalue weighted by molar-refractivity contribution is -0.140. The van der Waals surface area contributed by atoms with Crippen LogP contribution in [0.15, 0.2) is 48.5 Å². The largest absolute Gasteiger partial charge is 0.469 e. The van der Waals surface area contributed by atoms with Crippen molar-refractivity contribution in [1.29, 1.82) is 0 Å². The minimum Gasteiger partial charge on any atom is -0.469 e. The summed E-state index contributed by atoms with van der Waals surface area (Å²) in [7, 11) is 2.69. The van der Waals surface area contributed by atoms with E-state index in [0.29, 0.717) is 22.6 Å². The molecule has 0 bridgehead atoms. The average molecular weight is 338 g/mol. The van der Waals surface area contributed by atoms with Gasteiger partial charge in [-0.15, -0.1) is 0 Å². The molecule has 25 heavy (non-hydrogen) atoms. The number of fused-ring (bicyclic) bond motifs is 2. The van der Waals surface area contributed by atoms with E-state index >= 15 is 0 Å². The van der Waals surface area contributed by atoms with Crippen molar-refractivity contribution >= 4 is 23.1 Å². The summed E-state index contributed by atoms with van der Waals surface area (Å²) >= 11 is 0. The van der Waals surface area contributed by atoms with Gasteiger partial charge in [-0.2, -0.15) is 0 Å². The van der Waals surface area contributed by atoms with E-state index < -0.39 is 0 Å². The Kier molecular flexibility index (Phi) is 4.84. The Hall–Kier alpha value is -3.08. The zero-order chi connectivity index (χ0) is 17.8. The molecule has 0 unspecified atom stereocenters. The Morgan fingerprint density at radius 1 is 0.760 bits per heavy atom. The maximum absolute atomic E-state index is 12.0. The van der Waals surface area contributed by atoms with Gasteiger partial charge in [-0.1, -0.05) is 36.4 Å². The summed E-state index contributed by atoms with van der Waals surface area (Å²) in [5.74, 6) is 0.500. The van der Waals surface area contributed by atoms with E-state index in [4.69, 9.17) is 14.2 Å². The van der Waals surface area contributed by atoms with Crippen LogP contribution in [-0.4, -0.2) is 26.2 Å². The SMILES string of the molecule is COC(=O)CC1=C(CC(=O)OC)c2ccccc2Oc2ccccc21. The summed E-state index contributed by atoms with van der Waals surface area (Å²) in [6, 6.07) is 14.9. The lowest BCUT2D eigenvalue weighted by atomic mass is 9.90. The van der Waals surface area contributed by atoms with Gasteiger partial charge in [-0.05, 0) is 23.3 Å². The van der Waals surface area contributed by atoms with Crippen LogP contribution in [0.2, 0.25) is 0 Å². The Morgan fingerprint density at radius 3 is 1.56 bits per heavy atom. The molecule has 0 saturated carbocycles. The first-order valence-electron chi connectivity index (χ1n) is 7.86. The minimum atomic E-state index is -0.383. The number of esters is 2. The fourth-order valence-corrected chi connectivity index (χ4v) is 2.89. The van der Waals surface area contributed by atoms with E-state index in [-0.39, 0.29) is 24.8 Å². The molecule has 0 spiro atoms. The highest BCUT2D eigenvalue weighted by Gasteiger charge is 2.26. The second-order valence-electron chi connectivity index (χ2n) is 5.56. The first-order chi connectivity index (χ1) is 12.1.